The molecule has 0 bridgehead atoms. The maximum atomic E-state index is 11.8. The predicted octanol–water partition coefficient (Wildman–Crippen LogP) is 1.97. The van der Waals surface area contributed by atoms with Gasteiger partial charge in [0.05, 0.1) is 12.5 Å². The van der Waals surface area contributed by atoms with E-state index in [0.717, 1.165) is 5.56 Å². The monoisotopic (exact) mass is 324 g/mol. The van der Waals surface area contributed by atoms with Crippen LogP contribution in [0.25, 0.3) is 0 Å². The summed E-state index contributed by atoms with van der Waals surface area (Å²) in [5.74, 6) is -1.41. The predicted molar refractivity (Wildman–Crippen MR) is 86.7 cm³/mol. The van der Waals surface area contributed by atoms with Crippen molar-refractivity contribution in [2.24, 2.45) is 0 Å². The molecule has 0 heterocycles. The number of rotatable bonds is 6. The van der Waals surface area contributed by atoms with Gasteiger partial charge in [-0.1, -0.05) is 42.5 Å². The summed E-state index contributed by atoms with van der Waals surface area (Å²) in [6, 6.07) is 17.1. The molecule has 0 aliphatic heterocycles. The summed E-state index contributed by atoms with van der Waals surface area (Å²) in [5, 5.41) is 21.0. The van der Waals surface area contributed by atoms with Crippen molar-refractivity contribution in [3.63, 3.8) is 0 Å². The lowest BCUT2D eigenvalue weighted by Crippen LogP contribution is -2.23. The maximum Gasteiger partial charge on any atom is 0.340 e. The molecule has 0 saturated carbocycles. The van der Waals surface area contributed by atoms with E-state index in [1.807, 2.05) is 6.07 Å². The number of nitrogens with zero attached hydrogens (tertiary/aromatic N) is 1. The summed E-state index contributed by atoms with van der Waals surface area (Å²) in [7, 11) is 0. The lowest BCUT2D eigenvalue weighted by atomic mass is 10.1. The molecule has 0 spiro atoms. The lowest BCUT2D eigenvalue weighted by Gasteiger charge is -2.11. The molecule has 2 N–H and O–H groups in total. The van der Waals surface area contributed by atoms with Crippen molar-refractivity contribution < 1.29 is 19.4 Å². The van der Waals surface area contributed by atoms with Crippen LogP contribution in [0.15, 0.2) is 54.6 Å². The standard InChI is InChI=1S/C18H16N2O4/c19-11-10-13-6-8-15(9-7-13)20-16(21)12-24-18(23)17(22)14-4-2-1-3-5-14/h1-9,17,22H,10,12H2,(H,20,21)/t17-/m0/s1. The average Bonchev–Trinajstić information content (AvgIpc) is 2.61. The molecule has 0 radical (unpaired) electrons. The zero-order valence-corrected chi connectivity index (χ0v) is 12.8. The van der Waals surface area contributed by atoms with Crippen LogP contribution in [0.3, 0.4) is 0 Å². The molecule has 1 amide bonds. The van der Waals surface area contributed by atoms with Crippen LogP contribution in [0, 0.1) is 11.3 Å². The fourth-order valence-corrected chi connectivity index (χ4v) is 1.98. The van der Waals surface area contributed by atoms with Crippen molar-refractivity contribution >= 4 is 17.6 Å². The van der Waals surface area contributed by atoms with Crippen LogP contribution in [0.1, 0.15) is 17.2 Å². The van der Waals surface area contributed by atoms with E-state index in [0.29, 0.717) is 17.7 Å². The summed E-state index contributed by atoms with van der Waals surface area (Å²) >= 11 is 0. The first-order valence-electron chi connectivity index (χ1n) is 7.25. The Balaban J connectivity index is 1.82. The van der Waals surface area contributed by atoms with Gasteiger partial charge in [0.1, 0.15) is 0 Å². The molecule has 122 valence electrons. The molecule has 0 aromatic heterocycles. The molecular weight excluding hydrogens is 308 g/mol. The van der Waals surface area contributed by atoms with E-state index >= 15 is 0 Å². The molecule has 6 heteroatoms. The second kappa shape index (κ2) is 8.46. The molecule has 1 atom stereocenters. The van der Waals surface area contributed by atoms with Gasteiger partial charge in [-0.05, 0) is 23.3 Å². The van der Waals surface area contributed by atoms with Gasteiger partial charge in [0, 0.05) is 5.69 Å². The molecule has 0 saturated heterocycles. The molecule has 0 unspecified atom stereocenters. The second-order valence-corrected chi connectivity index (χ2v) is 5.00. The Morgan fingerprint density at radius 2 is 1.79 bits per heavy atom. The Morgan fingerprint density at radius 1 is 1.12 bits per heavy atom. The summed E-state index contributed by atoms with van der Waals surface area (Å²) in [6.45, 7) is -0.497. The molecule has 0 aliphatic rings. The number of aliphatic hydroxyl groups excluding tert-OH is 1. The molecular formula is C18H16N2O4. The molecule has 2 aromatic rings. The highest BCUT2D eigenvalue weighted by Crippen LogP contribution is 2.14. The summed E-state index contributed by atoms with van der Waals surface area (Å²) < 4.78 is 4.81. The Bertz CT molecular complexity index is 736. The van der Waals surface area contributed by atoms with E-state index in [2.05, 4.69) is 5.32 Å². The Morgan fingerprint density at radius 3 is 2.42 bits per heavy atom. The minimum atomic E-state index is -1.43. The van der Waals surface area contributed by atoms with Crippen LogP contribution in [0.5, 0.6) is 0 Å². The second-order valence-electron chi connectivity index (χ2n) is 5.00. The number of anilines is 1. The highest BCUT2D eigenvalue weighted by molar-refractivity contribution is 5.93. The Hall–Kier alpha value is -3.17. The lowest BCUT2D eigenvalue weighted by molar-refractivity contribution is -0.156. The number of hydrogen-bond donors (Lipinski definition) is 2. The van der Waals surface area contributed by atoms with Gasteiger partial charge in [-0.3, -0.25) is 4.79 Å². The van der Waals surface area contributed by atoms with Crippen molar-refractivity contribution in [2.75, 3.05) is 11.9 Å². The number of nitriles is 1. The van der Waals surface area contributed by atoms with Crippen LogP contribution in [-0.2, 0) is 20.7 Å². The topological polar surface area (TPSA) is 99.4 Å². The number of aliphatic hydroxyl groups is 1. The Labute approximate surface area is 139 Å². The van der Waals surface area contributed by atoms with Gasteiger partial charge in [0.2, 0.25) is 0 Å². The van der Waals surface area contributed by atoms with E-state index in [4.69, 9.17) is 10.00 Å². The summed E-state index contributed by atoms with van der Waals surface area (Å²) in [6.07, 6.45) is -1.13. The molecule has 6 nitrogen and oxygen atoms in total. The first kappa shape index (κ1) is 17.2. The first-order valence-corrected chi connectivity index (χ1v) is 7.25. The molecule has 24 heavy (non-hydrogen) atoms. The van der Waals surface area contributed by atoms with Gasteiger partial charge >= 0.3 is 5.97 Å². The first-order chi connectivity index (χ1) is 11.6. The zero-order chi connectivity index (χ0) is 17.4. The number of esters is 1. The molecule has 0 fully saturated rings. The largest absolute Gasteiger partial charge is 0.453 e. The smallest absolute Gasteiger partial charge is 0.340 e. The average molecular weight is 324 g/mol. The highest BCUT2D eigenvalue weighted by Gasteiger charge is 2.19. The fourth-order valence-electron chi connectivity index (χ4n) is 1.98. The quantitative estimate of drug-likeness (QED) is 0.791. The minimum Gasteiger partial charge on any atom is -0.453 e. The normalized spacial score (nSPS) is 11.2. The van der Waals surface area contributed by atoms with E-state index in [9.17, 15) is 14.7 Å². The van der Waals surface area contributed by atoms with Crippen LogP contribution in [0.4, 0.5) is 5.69 Å². The molecule has 2 aromatic carbocycles. The van der Waals surface area contributed by atoms with Gasteiger partial charge < -0.3 is 15.2 Å². The van der Waals surface area contributed by atoms with Gasteiger partial charge in [-0.15, -0.1) is 0 Å². The van der Waals surface area contributed by atoms with Gasteiger partial charge in [-0.25, -0.2) is 4.79 Å². The van der Waals surface area contributed by atoms with Gasteiger partial charge in [0.15, 0.2) is 12.7 Å². The van der Waals surface area contributed by atoms with E-state index in [1.165, 1.54) is 0 Å². The third-order valence-electron chi connectivity index (χ3n) is 3.20. The van der Waals surface area contributed by atoms with Crippen molar-refractivity contribution in [1.29, 1.82) is 5.26 Å². The third kappa shape index (κ3) is 4.93. The van der Waals surface area contributed by atoms with Crippen LogP contribution in [0.2, 0.25) is 0 Å². The number of amides is 1. The number of benzene rings is 2. The van der Waals surface area contributed by atoms with E-state index < -0.39 is 24.6 Å². The third-order valence-corrected chi connectivity index (χ3v) is 3.20. The number of carbonyl (C=O) groups excluding carboxylic acids is 2. The van der Waals surface area contributed by atoms with Crippen molar-refractivity contribution in [1.82, 2.24) is 0 Å². The van der Waals surface area contributed by atoms with Crippen LogP contribution in [-0.4, -0.2) is 23.6 Å². The highest BCUT2D eigenvalue weighted by atomic mass is 16.5. The van der Waals surface area contributed by atoms with Crippen molar-refractivity contribution in [2.45, 2.75) is 12.5 Å². The maximum absolute atomic E-state index is 11.8. The number of nitrogens with one attached hydrogen (secondary N) is 1. The van der Waals surface area contributed by atoms with Crippen LogP contribution < -0.4 is 5.32 Å². The van der Waals surface area contributed by atoms with Crippen molar-refractivity contribution in [3.05, 3.63) is 65.7 Å². The minimum absolute atomic E-state index is 0.295. The Kier molecular flexibility index (Phi) is 6.06. The van der Waals surface area contributed by atoms with Crippen molar-refractivity contribution in [3.8, 4) is 6.07 Å². The molecule has 0 aliphatic carbocycles. The fraction of sp³-hybridized carbons (Fsp3) is 0.167. The van der Waals surface area contributed by atoms with E-state index in [1.54, 1.807) is 54.6 Å². The van der Waals surface area contributed by atoms with Gasteiger partial charge in [-0.2, -0.15) is 5.26 Å². The number of hydrogen-bond acceptors (Lipinski definition) is 5. The van der Waals surface area contributed by atoms with Gasteiger partial charge in [0.25, 0.3) is 5.91 Å². The number of carbonyl (C=O) groups is 2. The SMILES string of the molecule is N#CCc1ccc(NC(=O)COC(=O)[C@@H](O)c2ccccc2)cc1. The summed E-state index contributed by atoms with van der Waals surface area (Å²) in [5.41, 5.74) is 1.77. The number of ether oxygens (including phenoxy) is 1. The molecule has 2 rings (SSSR count). The zero-order valence-electron chi connectivity index (χ0n) is 12.8. The summed E-state index contributed by atoms with van der Waals surface area (Å²) in [4.78, 5) is 23.5. The van der Waals surface area contributed by atoms with Crippen LogP contribution >= 0.6 is 0 Å². The van der Waals surface area contributed by atoms with E-state index in [-0.39, 0.29) is 0 Å².